The van der Waals surface area contributed by atoms with Crippen LogP contribution < -0.4 is 0 Å². The molecule has 3 rings (SSSR count). The second-order valence-corrected chi connectivity index (χ2v) is 21.2. The van der Waals surface area contributed by atoms with Crippen LogP contribution in [-0.2, 0) is 25.7 Å². The maximum absolute atomic E-state index is 12.5. The molecule has 1 aliphatic rings. The Hall–Kier alpha value is -2.48. The Morgan fingerprint density at radius 1 is 0.288 bits per heavy atom. The van der Waals surface area contributed by atoms with Gasteiger partial charge in [0.15, 0.2) is 0 Å². The first-order valence-electron chi connectivity index (χ1n) is 29.7. The zero-order valence-corrected chi connectivity index (χ0v) is 44.8. The van der Waals surface area contributed by atoms with E-state index in [0.29, 0.717) is 0 Å². The molecule has 1 heterocycles. The minimum absolute atomic E-state index is 0.987. The van der Waals surface area contributed by atoms with Gasteiger partial charge in [-0.1, -0.05) is 259 Å². The van der Waals surface area contributed by atoms with E-state index in [1.807, 2.05) is 0 Å². The first-order chi connectivity index (χ1) is 32.5. The van der Waals surface area contributed by atoms with Crippen molar-refractivity contribution >= 4 is 11.4 Å². The van der Waals surface area contributed by atoms with E-state index in [9.17, 15) is 5.53 Å². The minimum atomic E-state index is 0.987. The average Bonchev–Trinajstić information content (AvgIpc) is 3.66. The predicted molar refractivity (Wildman–Crippen MR) is 295 cm³/mol. The third-order valence-electron chi connectivity index (χ3n) is 14.8. The van der Waals surface area contributed by atoms with Gasteiger partial charge in [-0.15, -0.1) is 0 Å². The second kappa shape index (κ2) is 39.4. The molecule has 0 amide bonds. The summed E-state index contributed by atoms with van der Waals surface area (Å²) in [5.41, 5.74) is 24.1. The molecule has 0 saturated carbocycles. The number of hydrogen-bond donors (Lipinski definition) is 0. The van der Waals surface area contributed by atoms with E-state index < -0.39 is 0 Å². The van der Waals surface area contributed by atoms with Gasteiger partial charge in [-0.25, -0.2) is 4.70 Å². The molecule has 2 aromatic carbocycles. The largest absolute Gasteiger partial charge is 0.493 e. The first-order valence-corrected chi connectivity index (χ1v) is 29.7. The number of aryl methyl sites for hydroxylation is 4. The monoisotopic (exact) mass is 905 g/mol. The first kappa shape index (κ1) is 57.8. The highest BCUT2D eigenvalue weighted by molar-refractivity contribution is 5.79. The SMILES string of the molecule is CCCCCCCCCCCCCCCc1cc(CCCCCCCCCCCCCCC)cc(C2=C(CCCCCC)C=C(c3cc(CCCCCC)cc(CCCCCC)c3)[N+]2=[N-])c1. The van der Waals surface area contributed by atoms with Gasteiger partial charge in [0.25, 0.3) is 0 Å². The van der Waals surface area contributed by atoms with Crippen LogP contribution in [0.5, 0.6) is 0 Å². The number of unbranched alkanes of at least 4 members (excludes halogenated alkanes) is 33. The lowest BCUT2D eigenvalue weighted by Gasteiger charge is -2.15. The van der Waals surface area contributed by atoms with Crippen molar-refractivity contribution in [1.29, 1.82) is 0 Å². The van der Waals surface area contributed by atoms with Crippen molar-refractivity contribution in [3.05, 3.63) is 87.0 Å². The van der Waals surface area contributed by atoms with Crippen LogP contribution in [0.2, 0.25) is 0 Å². The van der Waals surface area contributed by atoms with E-state index in [1.54, 1.807) is 4.70 Å². The van der Waals surface area contributed by atoms with Crippen molar-refractivity contribution in [3.63, 3.8) is 0 Å². The van der Waals surface area contributed by atoms with Crippen molar-refractivity contribution < 1.29 is 4.70 Å². The van der Waals surface area contributed by atoms with Crippen molar-refractivity contribution in [2.75, 3.05) is 0 Å². The summed E-state index contributed by atoms with van der Waals surface area (Å²) in [6.45, 7) is 11.5. The van der Waals surface area contributed by atoms with Gasteiger partial charge in [0.1, 0.15) is 0 Å². The third-order valence-corrected chi connectivity index (χ3v) is 14.8. The number of allylic oxidation sites excluding steroid dienone is 2. The number of rotatable bonds is 45. The molecule has 0 aromatic heterocycles. The van der Waals surface area contributed by atoms with Crippen molar-refractivity contribution in [2.24, 2.45) is 0 Å². The fourth-order valence-corrected chi connectivity index (χ4v) is 10.6. The molecule has 66 heavy (non-hydrogen) atoms. The molecule has 2 aromatic rings. The summed E-state index contributed by atoms with van der Waals surface area (Å²) >= 11 is 0. The molecule has 0 aliphatic carbocycles. The van der Waals surface area contributed by atoms with Crippen LogP contribution in [0.15, 0.2) is 48.0 Å². The summed E-state index contributed by atoms with van der Waals surface area (Å²) in [5.74, 6) is 0. The fraction of sp³-hybridized carbons (Fsp3) is 0.750. The minimum Gasteiger partial charge on any atom is -0.493 e. The smallest absolute Gasteiger partial charge is 0.210 e. The zero-order chi connectivity index (χ0) is 47.1. The molecule has 0 spiro atoms. The normalized spacial score (nSPS) is 12.9. The molecule has 0 radical (unpaired) electrons. The summed E-state index contributed by atoms with van der Waals surface area (Å²) in [4.78, 5) is 0. The molecule has 0 N–H and O–H groups in total. The Morgan fingerprint density at radius 2 is 0.530 bits per heavy atom. The van der Waals surface area contributed by atoms with Crippen LogP contribution in [0.25, 0.3) is 16.9 Å². The van der Waals surface area contributed by atoms with Crippen molar-refractivity contribution in [2.45, 2.75) is 311 Å². The van der Waals surface area contributed by atoms with Gasteiger partial charge in [0.05, 0.1) is 0 Å². The van der Waals surface area contributed by atoms with Crippen molar-refractivity contribution in [1.82, 2.24) is 0 Å². The third kappa shape index (κ3) is 25.8. The van der Waals surface area contributed by atoms with E-state index >= 15 is 0 Å². The zero-order valence-electron chi connectivity index (χ0n) is 44.8. The second-order valence-electron chi connectivity index (χ2n) is 21.2. The standard InChI is InChI=1S/C64H108N2/c1-6-11-16-21-23-25-27-29-31-33-35-37-41-46-58-50-59(47-42-38-36-34-32-30-28-26-24-22-17-12-7-2)54-62(53-58)64-60(48-43-20-15-10-5)55-63(66(64)65)61-51-56(44-39-18-13-8-3)49-57(52-61)45-40-19-14-9-4/h49-55H,6-48H2,1-5H3. The summed E-state index contributed by atoms with van der Waals surface area (Å²) < 4.78 is 1.63. The Morgan fingerprint density at radius 3 is 0.833 bits per heavy atom. The molecule has 2 nitrogen and oxygen atoms in total. The molecule has 0 unspecified atom stereocenters. The number of hydrogen-bond acceptors (Lipinski definition) is 0. The van der Waals surface area contributed by atoms with Gasteiger partial charge in [-0.3, -0.25) is 0 Å². The van der Waals surface area contributed by atoms with E-state index in [-0.39, 0.29) is 0 Å². The molecule has 374 valence electrons. The highest BCUT2D eigenvalue weighted by atomic mass is 15.2. The number of nitrogens with zero attached hydrogens (tertiary/aromatic N) is 2. The Bertz CT molecular complexity index is 1500. The maximum Gasteiger partial charge on any atom is 0.210 e. The van der Waals surface area contributed by atoms with Crippen LogP contribution in [0.3, 0.4) is 0 Å². The molecule has 0 bridgehead atoms. The van der Waals surface area contributed by atoms with Crippen LogP contribution in [0.1, 0.15) is 318 Å². The maximum atomic E-state index is 12.5. The summed E-state index contributed by atoms with van der Waals surface area (Å²) in [6, 6.07) is 14.8. The molecule has 0 fully saturated rings. The topological polar surface area (TPSA) is 25.3 Å². The van der Waals surface area contributed by atoms with Gasteiger partial charge in [0, 0.05) is 22.8 Å². The fourth-order valence-electron chi connectivity index (χ4n) is 10.6. The summed E-state index contributed by atoms with van der Waals surface area (Å²) in [7, 11) is 0. The highest BCUT2D eigenvalue weighted by Gasteiger charge is 2.30. The number of benzene rings is 2. The molecular weight excluding hydrogens is 797 g/mol. The highest BCUT2D eigenvalue weighted by Crippen LogP contribution is 2.39. The molecule has 0 saturated heterocycles. The van der Waals surface area contributed by atoms with Crippen LogP contribution in [0, 0.1) is 0 Å². The van der Waals surface area contributed by atoms with Crippen LogP contribution in [-0.4, -0.2) is 4.70 Å². The van der Waals surface area contributed by atoms with E-state index in [4.69, 9.17) is 0 Å². The van der Waals surface area contributed by atoms with Gasteiger partial charge in [-0.2, -0.15) is 0 Å². The Balaban J connectivity index is 1.76. The van der Waals surface area contributed by atoms with Crippen LogP contribution >= 0.6 is 0 Å². The Labute approximate surface area is 412 Å². The summed E-state index contributed by atoms with van der Waals surface area (Å²) in [6.07, 6.45) is 59.4. The van der Waals surface area contributed by atoms with E-state index in [2.05, 4.69) is 77.1 Å². The van der Waals surface area contributed by atoms with Gasteiger partial charge < -0.3 is 5.53 Å². The molecular formula is C64H108N2. The Kier molecular flexibility index (Phi) is 34.5. The molecule has 2 heteroatoms. The van der Waals surface area contributed by atoms with Gasteiger partial charge in [-0.05, 0) is 111 Å². The predicted octanol–water partition coefficient (Wildman–Crippen LogP) is 22.0. The van der Waals surface area contributed by atoms with Gasteiger partial charge >= 0.3 is 0 Å². The van der Waals surface area contributed by atoms with Crippen LogP contribution in [0.4, 0.5) is 0 Å². The quantitative estimate of drug-likeness (QED) is 0.0467. The average molecular weight is 906 g/mol. The lowest BCUT2D eigenvalue weighted by atomic mass is 9.94. The lowest BCUT2D eigenvalue weighted by molar-refractivity contribution is -0.344. The molecule has 1 aliphatic heterocycles. The summed E-state index contributed by atoms with van der Waals surface area (Å²) in [5, 5.41) is 0. The lowest BCUT2D eigenvalue weighted by Crippen LogP contribution is -2.05. The van der Waals surface area contributed by atoms with E-state index in [1.165, 1.54) is 283 Å². The van der Waals surface area contributed by atoms with E-state index in [0.717, 1.165) is 43.5 Å². The molecule has 0 atom stereocenters. The van der Waals surface area contributed by atoms with Crippen molar-refractivity contribution in [3.8, 4) is 0 Å². The van der Waals surface area contributed by atoms with Gasteiger partial charge in [0.2, 0.25) is 11.4 Å².